The Morgan fingerprint density at radius 1 is 1.22 bits per heavy atom. The number of alkyl halides is 4. The van der Waals surface area contributed by atoms with Crippen LogP contribution in [0.2, 0.25) is 0 Å². The molecular formula is C13H12F4N2O4. The van der Waals surface area contributed by atoms with Gasteiger partial charge >= 0.3 is 18.3 Å². The maximum Gasteiger partial charge on any atom is 0.365 e. The molecule has 0 bridgehead atoms. The second-order valence-electron chi connectivity index (χ2n) is 4.01. The molecule has 0 aliphatic heterocycles. The minimum Gasteiger partial charge on any atom is -0.504 e. The number of rotatable bonds is 6. The van der Waals surface area contributed by atoms with Crippen molar-refractivity contribution in [3.8, 4) is 5.75 Å². The van der Waals surface area contributed by atoms with Crippen LogP contribution in [-0.2, 0) is 9.53 Å². The van der Waals surface area contributed by atoms with E-state index in [1.165, 1.54) is 31.4 Å². The molecule has 0 amide bonds. The predicted molar refractivity (Wildman–Crippen MR) is 70.1 cm³/mol. The van der Waals surface area contributed by atoms with Crippen LogP contribution in [-0.4, -0.2) is 37.6 Å². The van der Waals surface area contributed by atoms with E-state index in [1.54, 1.807) is 0 Å². The van der Waals surface area contributed by atoms with Gasteiger partial charge in [-0.25, -0.2) is 13.6 Å². The minimum absolute atomic E-state index is 0.0976. The number of ether oxygens (including phenoxy) is 2. The summed E-state index contributed by atoms with van der Waals surface area (Å²) in [5.41, 5.74) is -1.33. The first kappa shape index (κ1) is 18.4. The Bertz CT molecular complexity index is 615. The molecule has 0 heterocycles. The highest BCUT2D eigenvalue weighted by Gasteiger charge is 2.48. The van der Waals surface area contributed by atoms with Crippen molar-refractivity contribution in [1.29, 1.82) is 0 Å². The lowest BCUT2D eigenvalue weighted by atomic mass is 10.2. The molecule has 10 heteroatoms. The molecule has 0 aliphatic carbocycles. The van der Waals surface area contributed by atoms with Gasteiger partial charge < -0.3 is 14.6 Å². The van der Waals surface area contributed by atoms with Crippen molar-refractivity contribution < 1.29 is 36.9 Å². The summed E-state index contributed by atoms with van der Waals surface area (Å²) in [5.74, 6) is -8.26. The molecule has 1 N–H and O–H groups in total. The van der Waals surface area contributed by atoms with Gasteiger partial charge in [-0.2, -0.15) is 13.9 Å². The first-order valence-electron chi connectivity index (χ1n) is 5.97. The van der Waals surface area contributed by atoms with Gasteiger partial charge in [0.2, 0.25) is 11.5 Å². The number of aliphatic hydroxyl groups excluding tert-OH is 1. The van der Waals surface area contributed by atoms with Gasteiger partial charge in [0, 0.05) is 0 Å². The molecule has 6 nitrogen and oxygen atoms in total. The van der Waals surface area contributed by atoms with E-state index in [1.807, 2.05) is 0 Å². The van der Waals surface area contributed by atoms with Crippen molar-refractivity contribution in [2.24, 2.45) is 10.2 Å². The van der Waals surface area contributed by atoms with Crippen molar-refractivity contribution in [3.05, 3.63) is 35.7 Å². The molecule has 1 rings (SSSR count). The number of allylic oxidation sites excluding steroid dienone is 1. The third-order valence-electron chi connectivity index (χ3n) is 2.53. The Kier molecular flexibility index (Phi) is 6.05. The molecule has 126 valence electrons. The quantitative estimate of drug-likeness (QED) is 0.283. The average Bonchev–Trinajstić information content (AvgIpc) is 2.54. The van der Waals surface area contributed by atoms with E-state index in [4.69, 9.17) is 4.74 Å². The number of halogens is 4. The summed E-state index contributed by atoms with van der Waals surface area (Å²) in [4.78, 5) is 11.4. The zero-order chi connectivity index (χ0) is 17.6. The number of benzene rings is 1. The van der Waals surface area contributed by atoms with Crippen LogP contribution in [0.15, 0.2) is 46.0 Å². The van der Waals surface area contributed by atoms with E-state index in [0.717, 1.165) is 7.11 Å². The fourth-order valence-electron chi connectivity index (χ4n) is 1.30. The van der Waals surface area contributed by atoms with Gasteiger partial charge in [0.15, 0.2) is 0 Å². The zero-order valence-electron chi connectivity index (χ0n) is 12.0. The Balaban J connectivity index is 3.21. The number of aliphatic hydroxyl groups is 1. The van der Waals surface area contributed by atoms with Crippen molar-refractivity contribution >= 4 is 11.7 Å². The molecule has 0 aromatic heterocycles. The van der Waals surface area contributed by atoms with Gasteiger partial charge in [-0.1, -0.05) is 0 Å². The summed E-state index contributed by atoms with van der Waals surface area (Å²) in [6, 6.07) is 5.64. The Morgan fingerprint density at radius 2 is 1.78 bits per heavy atom. The van der Waals surface area contributed by atoms with Crippen molar-refractivity contribution in [2.75, 3.05) is 14.2 Å². The van der Waals surface area contributed by atoms with Crippen LogP contribution in [0, 0.1) is 0 Å². The molecule has 0 saturated heterocycles. The number of azo groups is 1. The Hall–Kier alpha value is -2.65. The standard InChI is InChI=1S/C13H12F4N2O4/c1-22-8-5-3-7(4-6-8)18-19-9(11(21)23-2)10(20)13(16,17)12(14)15/h3-6,12,20H,1-2H3/b10-9-,19-18?. The summed E-state index contributed by atoms with van der Waals surface area (Å²) < 4.78 is 59.8. The third-order valence-corrected chi connectivity index (χ3v) is 2.53. The van der Waals surface area contributed by atoms with Crippen LogP contribution in [0.5, 0.6) is 5.75 Å². The van der Waals surface area contributed by atoms with Crippen molar-refractivity contribution in [1.82, 2.24) is 0 Å². The molecule has 1 aromatic rings. The van der Waals surface area contributed by atoms with Gasteiger partial charge in [-0.3, -0.25) is 0 Å². The zero-order valence-corrected chi connectivity index (χ0v) is 12.0. The monoisotopic (exact) mass is 336 g/mol. The molecule has 23 heavy (non-hydrogen) atoms. The fourth-order valence-corrected chi connectivity index (χ4v) is 1.30. The van der Waals surface area contributed by atoms with E-state index < -0.39 is 29.8 Å². The molecule has 0 radical (unpaired) electrons. The third kappa shape index (κ3) is 4.41. The molecule has 0 unspecified atom stereocenters. The molecule has 0 spiro atoms. The van der Waals surface area contributed by atoms with Gasteiger partial charge in [0.05, 0.1) is 19.9 Å². The number of hydrogen-bond donors (Lipinski definition) is 1. The lowest BCUT2D eigenvalue weighted by Gasteiger charge is -2.15. The van der Waals surface area contributed by atoms with E-state index >= 15 is 0 Å². The predicted octanol–water partition coefficient (Wildman–Crippen LogP) is 3.62. The maximum absolute atomic E-state index is 13.1. The summed E-state index contributed by atoms with van der Waals surface area (Å²) in [5, 5.41) is 15.8. The highest BCUT2D eigenvalue weighted by Crippen LogP contribution is 2.32. The molecule has 0 atom stereocenters. The van der Waals surface area contributed by atoms with E-state index in [-0.39, 0.29) is 5.69 Å². The molecule has 0 aliphatic rings. The fraction of sp³-hybridized carbons (Fsp3) is 0.308. The second-order valence-corrected chi connectivity index (χ2v) is 4.01. The summed E-state index contributed by atoms with van der Waals surface area (Å²) in [6.07, 6.45) is -4.24. The van der Waals surface area contributed by atoms with Gasteiger partial charge in [0.1, 0.15) is 5.75 Å². The largest absolute Gasteiger partial charge is 0.504 e. The minimum atomic E-state index is -4.97. The number of esters is 1. The normalized spacial score (nSPS) is 13.2. The average molecular weight is 336 g/mol. The van der Waals surface area contributed by atoms with Gasteiger partial charge in [0.25, 0.3) is 0 Å². The van der Waals surface area contributed by atoms with Crippen molar-refractivity contribution in [3.63, 3.8) is 0 Å². The van der Waals surface area contributed by atoms with Crippen LogP contribution in [0.3, 0.4) is 0 Å². The lowest BCUT2D eigenvalue weighted by molar-refractivity contribution is -0.139. The molecule has 0 fully saturated rings. The Labute approximate surface area is 128 Å². The number of carbonyl (C=O) groups is 1. The Morgan fingerprint density at radius 3 is 2.22 bits per heavy atom. The van der Waals surface area contributed by atoms with E-state index in [9.17, 15) is 27.5 Å². The first-order valence-corrected chi connectivity index (χ1v) is 5.97. The highest BCUT2D eigenvalue weighted by atomic mass is 19.3. The molecular weight excluding hydrogens is 324 g/mol. The summed E-state index contributed by atoms with van der Waals surface area (Å²) >= 11 is 0. The van der Waals surface area contributed by atoms with Gasteiger partial charge in [-0.15, -0.1) is 5.11 Å². The lowest BCUT2D eigenvalue weighted by Crippen LogP contribution is -2.31. The van der Waals surface area contributed by atoms with Crippen LogP contribution in [0.25, 0.3) is 0 Å². The SMILES string of the molecule is COC(=O)/C(N=Nc1ccc(OC)cc1)=C(/O)C(F)(F)C(F)F. The molecule has 1 aromatic carbocycles. The number of carbonyl (C=O) groups excluding carboxylic acids is 1. The maximum atomic E-state index is 13.1. The highest BCUT2D eigenvalue weighted by molar-refractivity contribution is 5.88. The van der Waals surface area contributed by atoms with Crippen LogP contribution >= 0.6 is 0 Å². The van der Waals surface area contributed by atoms with E-state index in [2.05, 4.69) is 15.0 Å². The van der Waals surface area contributed by atoms with Crippen LogP contribution < -0.4 is 4.74 Å². The van der Waals surface area contributed by atoms with Crippen molar-refractivity contribution in [2.45, 2.75) is 12.3 Å². The van der Waals surface area contributed by atoms with E-state index in [0.29, 0.717) is 5.75 Å². The first-order chi connectivity index (χ1) is 10.7. The smallest absolute Gasteiger partial charge is 0.365 e. The van der Waals surface area contributed by atoms with Crippen LogP contribution in [0.1, 0.15) is 0 Å². The summed E-state index contributed by atoms with van der Waals surface area (Å²) in [6.45, 7) is 0. The number of methoxy groups -OCH3 is 2. The number of hydrogen-bond acceptors (Lipinski definition) is 6. The second kappa shape index (κ2) is 7.56. The van der Waals surface area contributed by atoms with Gasteiger partial charge in [-0.05, 0) is 24.3 Å². The summed E-state index contributed by atoms with van der Waals surface area (Å²) in [7, 11) is 2.22. The topological polar surface area (TPSA) is 80.5 Å². The number of nitrogens with zero attached hydrogens (tertiary/aromatic N) is 2. The van der Waals surface area contributed by atoms with Crippen LogP contribution in [0.4, 0.5) is 23.2 Å². The molecule has 0 saturated carbocycles.